The molecule has 0 atom stereocenters. The Morgan fingerprint density at radius 2 is 1.57 bits per heavy atom. The molecule has 0 bridgehead atoms. The Hall–Kier alpha value is -1.63. The quantitative estimate of drug-likeness (QED) is 0.496. The number of carbonyl (C=O) groups is 1. The molecule has 0 saturated carbocycles. The van der Waals surface area contributed by atoms with E-state index in [1.165, 1.54) is 0 Å². The van der Waals surface area contributed by atoms with Crippen LogP contribution in [0.1, 0.15) is 50.9 Å². The predicted molar refractivity (Wildman–Crippen MR) is 78.1 cm³/mol. The molecule has 0 unspecified atom stereocenters. The van der Waals surface area contributed by atoms with E-state index >= 15 is 0 Å². The van der Waals surface area contributed by atoms with Gasteiger partial charge in [0.1, 0.15) is 0 Å². The summed E-state index contributed by atoms with van der Waals surface area (Å²) < 4.78 is 53.2. The molecule has 2 rings (SSSR count). The molecule has 1 amide bonds. The van der Waals surface area contributed by atoms with Crippen molar-refractivity contribution < 1.29 is 22.4 Å². The Kier molecular flexibility index (Phi) is 4.45. The minimum absolute atomic E-state index is 0.266. The molecule has 23 heavy (non-hydrogen) atoms. The number of piperidine rings is 1. The van der Waals surface area contributed by atoms with Gasteiger partial charge in [-0.15, -0.1) is 0 Å². The van der Waals surface area contributed by atoms with Gasteiger partial charge in [0.15, 0.2) is 23.3 Å². The number of hydrogen-bond donors (Lipinski definition) is 2. The first-order chi connectivity index (χ1) is 10.4. The van der Waals surface area contributed by atoms with Crippen molar-refractivity contribution in [3.05, 3.63) is 34.9 Å². The van der Waals surface area contributed by atoms with E-state index in [0.29, 0.717) is 18.9 Å². The summed E-state index contributed by atoms with van der Waals surface area (Å²) in [7, 11) is 0. The fourth-order valence-electron chi connectivity index (χ4n) is 3.43. The number of rotatable bonds is 2. The lowest BCUT2D eigenvalue weighted by molar-refractivity contribution is 0.0867. The molecule has 128 valence electrons. The second-order valence-corrected chi connectivity index (χ2v) is 7.32. The van der Waals surface area contributed by atoms with Crippen LogP contribution < -0.4 is 10.6 Å². The van der Waals surface area contributed by atoms with Crippen LogP contribution in [0.25, 0.3) is 0 Å². The van der Waals surface area contributed by atoms with Crippen LogP contribution in [0.4, 0.5) is 17.6 Å². The summed E-state index contributed by atoms with van der Waals surface area (Å²) in [6.07, 6.45) is 1.13. The van der Waals surface area contributed by atoms with Crippen molar-refractivity contribution in [3.63, 3.8) is 0 Å². The number of halogens is 4. The molecule has 3 nitrogen and oxygen atoms in total. The summed E-state index contributed by atoms with van der Waals surface area (Å²) in [4.78, 5) is 12.1. The first kappa shape index (κ1) is 17.7. The van der Waals surface area contributed by atoms with Gasteiger partial charge in [-0.3, -0.25) is 4.79 Å². The Morgan fingerprint density at radius 3 is 2.09 bits per heavy atom. The summed E-state index contributed by atoms with van der Waals surface area (Å²) in [6.45, 7) is 7.85. The number of amides is 1. The van der Waals surface area contributed by atoms with Gasteiger partial charge in [-0.2, -0.15) is 0 Å². The van der Waals surface area contributed by atoms with Crippen LogP contribution in [-0.2, 0) is 0 Å². The Balaban J connectivity index is 2.23. The van der Waals surface area contributed by atoms with Gasteiger partial charge in [0.2, 0.25) is 0 Å². The fraction of sp³-hybridized carbons (Fsp3) is 0.562. The zero-order valence-corrected chi connectivity index (χ0v) is 13.5. The molecule has 0 radical (unpaired) electrons. The molecular formula is C16H20F4N2O. The Morgan fingerprint density at radius 1 is 1.04 bits per heavy atom. The molecule has 1 aliphatic heterocycles. The molecule has 1 aromatic rings. The van der Waals surface area contributed by atoms with Crippen molar-refractivity contribution in [2.24, 2.45) is 0 Å². The van der Waals surface area contributed by atoms with Gasteiger partial charge >= 0.3 is 0 Å². The first-order valence-electron chi connectivity index (χ1n) is 7.35. The molecular weight excluding hydrogens is 312 g/mol. The van der Waals surface area contributed by atoms with Gasteiger partial charge in [-0.05, 0) is 46.6 Å². The van der Waals surface area contributed by atoms with Gasteiger partial charge in [0, 0.05) is 17.1 Å². The van der Waals surface area contributed by atoms with Crippen molar-refractivity contribution >= 4 is 5.91 Å². The molecule has 7 heteroatoms. The van der Waals surface area contributed by atoms with E-state index in [1.807, 2.05) is 27.7 Å². The highest BCUT2D eigenvalue weighted by molar-refractivity contribution is 5.94. The average molecular weight is 332 g/mol. The van der Waals surface area contributed by atoms with Gasteiger partial charge in [-0.25, -0.2) is 17.6 Å². The summed E-state index contributed by atoms with van der Waals surface area (Å²) in [6, 6.07) is 0.0739. The zero-order chi connectivity index (χ0) is 17.6. The third-order valence-corrected chi connectivity index (χ3v) is 3.87. The molecule has 1 saturated heterocycles. The summed E-state index contributed by atoms with van der Waals surface area (Å²) in [5, 5.41) is 6.00. The zero-order valence-electron chi connectivity index (χ0n) is 13.5. The second kappa shape index (κ2) is 5.78. The third kappa shape index (κ3) is 3.83. The molecule has 1 aliphatic rings. The number of hydrogen-bond acceptors (Lipinski definition) is 2. The maximum Gasteiger partial charge on any atom is 0.254 e. The molecule has 0 aromatic heterocycles. The van der Waals surface area contributed by atoms with Crippen molar-refractivity contribution in [1.82, 2.24) is 10.6 Å². The van der Waals surface area contributed by atoms with Crippen LogP contribution in [-0.4, -0.2) is 23.0 Å². The predicted octanol–water partition coefficient (Wildman–Crippen LogP) is 3.28. The van der Waals surface area contributed by atoms with Crippen LogP contribution in [0.15, 0.2) is 6.07 Å². The molecule has 1 fully saturated rings. The second-order valence-electron chi connectivity index (χ2n) is 7.32. The normalized spacial score (nSPS) is 20.3. The van der Waals surface area contributed by atoms with E-state index in [-0.39, 0.29) is 17.1 Å². The van der Waals surface area contributed by atoms with Crippen molar-refractivity contribution in [2.45, 2.75) is 57.7 Å². The van der Waals surface area contributed by atoms with Crippen LogP contribution in [0.3, 0.4) is 0 Å². The van der Waals surface area contributed by atoms with Crippen molar-refractivity contribution in [3.8, 4) is 0 Å². The molecule has 1 aromatic carbocycles. The van der Waals surface area contributed by atoms with Crippen LogP contribution in [0.2, 0.25) is 0 Å². The largest absolute Gasteiger partial charge is 0.349 e. The maximum atomic E-state index is 13.7. The van der Waals surface area contributed by atoms with Gasteiger partial charge in [0.05, 0.1) is 5.56 Å². The summed E-state index contributed by atoms with van der Waals surface area (Å²) >= 11 is 0. The van der Waals surface area contributed by atoms with Gasteiger partial charge in [-0.1, -0.05) is 0 Å². The number of carbonyl (C=O) groups excluding carboxylic acids is 1. The monoisotopic (exact) mass is 332 g/mol. The Bertz CT molecular complexity index is 627. The Labute approximate surface area is 132 Å². The SMILES string of the molecule is CC1(C)CC(NC(=O)c2cc(F)c(F)c(F)c2F)CC(C)(C)N1. The lowest BCUT2D eigenvalue weighted by Gasteiger charge is -2.46. The highest BCUT2D eigenvalue weighted by Gasteiger charge is 2.38. The van der Waals surface area contributed by atoms with Crippen LogP contribution in [0, 0.1) is 23.3 Å². The minimum Gasteiger partial charge on any atom is -0.349 e. The van der Waals surface area contributed by atoms with E-state index in [4.69, 9.17) is 0 Å². The lowest BCUT2D eigenvalue weighted by atomic mass is 9.79. The van der Waals surface area contributed by atoms with E-state index in [1.54, 1.807) is 0 Å². The lowest BCUT2D eigenvalue weighted by Crippen LogP contribution is -2.62. The summed E-state index contributed by atoms with van der Waals surface area (Å²) in [5.41, 5.74) is -1.37. The minimum atomic E-state index is -1.99. The maximum absolute atomic E-state index is 13.7. The highest BCUT2D eigenvalue weighted by atomic mass is 19.2. The van der Waals surface area contributed by atoms with E-state index in [9.17, 15) is 22.4 Å². The third-order valence-electron chi connectivity index (χ3n) is 3.87. The van der Waals surface area contributed by atoms with Crippen molar-refractivity contribution in [2.75, 3.05) is 0 Å². The number of nitrogens with one attached hydrogen (secondary N) is 2. The van der Waals surface area contributed by atoms with Crippen LogP contribution in [0.5, 0.6) is 0 Å². The number of benzene rings is 1. The summed E-state index contributed by atoms with van der Waals surface area (Å²) in [5.74, 6) is -8.16. The first-order valence-corrected chi connectivity index (χ1v) is 7.35. The highest BCUT2D eigenvalue weighted by Crippen LogP contribution is 2.29. The standard InChI is InChI=1S/C16H20F4N2O/c1-15(2)6-8(7-16(3,4)22-15)21-14(23)9-5-10(17)12(19)13(20)11(9)18/h5,8,22H,6-7H2,1-4H3,(H,21,23). The average Bonchev–Trinajstić information content (AvgIpc) is 2.36. The molecule has 0 aliphatic carbocycles. The fourth-order valence-corrected chi connectivity index (χ4v) is 3.43. The van der Waals surface area contributed by atoms with Crippen LogP contribution >= 0.6 is 0 Å². The smallest absolute Gasteiger partial charge is 0.254 e. The van der Waals surface area contributed by atoms with Gasteiger partial charge in [0.25, 0.3) is 5.91 Å². The topological polar surface area (TPSA) is 41.1 Å². The van der Waals surface area contributed by atoms with Crippen molar-refractivity contribution in [1.29, 1.82) is 0 Å². The molecule has 0 spiro atoms. The van der Waals surface area contributed by atoms with E-state index in [0.717, 1.165) is 0 Å². The van der Waals surface area contributed by atoms with E-state index in [2.05, 4.69) is 10.6 Å². The van der Waals surface area contributed by atoms with Gasteiger partial charge < -0.3 is 10.6 Å². The van der Waals surface area contributed by atoms with E-state index < -0.39 is 34.7 Å². The molecule has 2 N–H and O–H groups in total. The molecule has 1 heterocycles.